The van der Waals surface area contributed by atoms with Crippen molar-refractivity contribution in [3.8, 4) is 0 Å². The highest BCUT2D eigenvalue weighted by molar-refractivity contribution is 5.63. The van der Waals surface area contributed by atoms with Crippen molar-refractivity contribution in [2.75, 3.05) is 6.61 Å². The lowest BCUT2D eigenvalue weighted by Crippen LogP contribution is -2.17. The van der Waals surface area contributed by atoms with Gasteiger partial charge in [-0.15, -0.1) is 0 Å². The Balaban J connectivity index is 2.43. The van der Waals surface area contributed by atoms with Gasteiger partial charge in [-0.2, -0.15) is 0 Å². The van der Waals surface area contributed by atoms with E-state index in [1.54, 1.807) is 0 Å². The summed E-state index contributed by atoms with van der Waals surface area (Å²) in [6, 6.07) is 7.93. The van der Waals surface area contributed by atoms with Crippen LogP contribution in [0.5, 0.6) is 0 Å². The van der Waals surface area contributed by atoms with Crippen molar-refractivity contribution in [2.45, 2.75) is 12.5 Å². The lowest BCUT2D eigenvalue weighted by Gasteiger charge is -2.20. The average Bonchev–Trinajstić information content (AvgIpc) is 2.17. The zero-order valence-corrected chi connectivity index (χ0v) is 6.69. The van der Waals surface area contributed by atoms with E-state index in [-0.39, 0.29) is 5.92 Å². The number of aldehydes is 1. The van der Waals surface area contributed by atoms with Crippen LogP contribution in [0.25, 0.3) is 0 Å². The van der Waals surface area contributed by atoms with Gasteiger partial charge in [0, 0.05) is 0 Å². The van der Waals surface area contributed by atoms with E-state index in [0.29, 0.717) is 13.2 Å². The van der Waals surface area contributed by atoms with E-state index >= 15 is 0 Å². The summed E-state index contributed by atoms with van der Waals surface area (Å²) >= 11 is 0. The Morgan fingerprint density at radius 2 is 2.25 bits per heavy atom. The maximum Gasteiger partial charge on any atom is 0.129 e. The number of ether oxygens (including phenoxy) is 1. The molecule has 1 aliphatic rings. The van der Waals surface area contributed by atoms with Crippen LogP contribution in [-0.2, 0) is 16.1 Å². The number of hydrogen-bond acceptors (Lipinski definition) is 2. The molecule has 0 aromatic heterocycles. The monoisotopic (exact) mass is 162 g/mol. The maximum absolute atomic E-state index is 10.6. The molecular formula is C10H10O2. The highest BCUT2D eigenvalue weighted by Crippen LogP contribution is 2.24. The zero-order chi connectivity index (χ0) is 8.39. The molecule has 1 aliphatic heterocycles. The normalized spacial score (nSPS) is 21.5. The van der Waals surface area contributed by atoms with Crippen LogP contribution in [0, 0.1) is 0 Å². The van der Waals surface area contributed by atoms with Crippen LogP contribution in [0.1, 0.15) is 17.0 Å². The molecule has 0 bridgehead atoms. The molecule has 1 aromatic carbocycles. The van der Waals surface area contributed by atoms with Crippen LogP contribution < -0.4 is 0 Å². The van der Waals surface area contributed by atoms with Crippen LogP contribution in [-0.4, -0.2) is 12.9 Å². The first kappa shape index (κ1) is 7.50. The van der Waals surface area contributed by atoms with Gasteiger partial charge in [0.1, 0.15) is 6.29 Å². The third-order valence-corrected chi connectivity index (χ3v) is 2.17. The first-order valence-electron chi connectivity index (χ1n) is 4.02. The number of carbonyl (C=O) groups is 1. The number of fused-ring (bicyclic) bond motifs is 1. The summed E-state index contributed by atoms with van der Waals surface area (Å²) < 4.78 is 5.27. The summed E-state index contributed by atoms with van der Waals surface area (Å²) in [5.74, 6) is -0.0602. The molecule has 62 valence electrons. The second-order valence-electron chi connectivity index (χ2n) is 2.96. The van der Waals surface area contributed by atoms with Crippen molar-refractivity contribution in [1.82, 2.24) is 0 Å². The molecular weight excluding hydrogens is 152 g/mol. The summed E-state index contributed by atoms with van der Waals surface area (Å²) in [5.41, 5.74) is 2.26. The van der Waals surface area contributed by atoms with Gasteiger partial charge in [-0.3, -0.25) is 0 Å². The quantitative estimate of drug-likeness (QED) is 0.585. The lowest BCUT2D eigenvalue weighted by molar-refractivity contribution is -0.110. The Hall–Kier alpha value is -1.15. The van der Waals surface area contributed by atoms with Crippen LogP contribution in [0.2, 0.25) is 0 Å². The van der Waals surface area contributed by atoms with Gasteiger partial charge >= 0.3 is 0 Å². The summed E-state index contributed by atoms with van der Waals surface area (Å²) in [5, 5.41) is 0. The lowest BCUT2D eigenvalue weighted by atomic mass is 9.94. The molecule has 0 unspecified atom stereocenters. The Bertz CT molecular complexity index is 294. The van der Waals surface area contributed by atoms with Crippen LogP contribution in [0.4, 0.5) is 0 Å². The van der Waals surface area contributed by atoms with E-state index in [1.165, 1.54) is 0 Å². The maximum atomic E-state index is 10.6. The summed E-state index contributed by atoms with van der Waals surface area (Å²) in [6.07, 6.45) is 0.956. The van der Waals surface area contributed by atoms with Gasteiger partial charge in [0.05, 0.1) is 19.1 Å². The molecule has 2 rings (SSSR count). The molecule has 2 nitrogen and oxygen atoms in total. The first-order chi connectivity index (χ1) is 5.92. The highest BCUT2D eigenvalue weighted by atomic mass is 16.5. The SMILES string of the molecule is O=C[C@@H]1COCc2ccccc21. The van der Waals surface area contributed by atoms with E-state index in [1.807, 2.05) is 24.3 Å². The smallest absolute Gasteiger partial charge is 0.129 e. The van der Waals surface area contributed by atoms with Gasteiger partial charge in [0.25, 0.3) is 0 Å². The molecule has 0 spiro atoms. The molecule has 0 N–H and O–H groups in total. The summed E-state index contributed by atoms with van der Waals surface area (Å²) in [6.45, 7) is 1.17. The molecule has 2 heteroatoms. The topological polar surface area (TPSA) is 26.3 Å². The van der Waals surface area contributed by atoms with Crippen molar-refractivity contribution < 1.29 is 9.53 Å². The second kappa shape index (κ2) is 3.07. The number of rotatable bonds is 1. The third-order valence-electron chi connectivity index (χ3n) is 2.17. The molecule has 1 heterocycles. The van der Waals surface area contributed by atoms with Gasteiger partial charge in [0.15, 0.2) is 0 Å². The highest BCUT2D eigenvalue weighted by Gasteiger charge is 2.18. The van der Waals surface area contributed by atoms with Crippen molar-refractivity contribution >= 4 is 6.29 Å². The van der Waals surface area contributed by atoms with Gasteiger partial charge in [-0.25, -0.2) is 0 Å². The summed E-state index contributed by atoms with van der Waals surface area (Å²) in [4.78, 5) is 10.6. The van der Waals surface area contributed by atoms with Gasteiger partial charge in [-0.1, -0.05) is 24.3 Å². The number of benzene rings is 1. The number of carbonyl (C=O) groups excluding carboxylic acids is 1. The first-order valence-corrected chi connectivity index (χ1v) is 4.02. The van der Waals surface area contributed by atoms with Crippen LogP contribution in [0.3, 0.4) is 0 Å². The summed E-state index contributed by atoms with van der Waals surface area (Å²) in [7, 11) is 0. The van der Waals surface area contributed by atoms with E-state index in [2.05, 4.69) is 0 Å². The second-order valence-corrected chi connectivity index (χ2v) is 2.96. The minimum absolute atomic E-state index is 0.0602. The standard InChI is InChI=1S/C10H10O2/c11-5-9-7-12-6-8-3-1-2-4-10(8)9/h1-5,9H,6-7H2/t9-/m1/s1. The molecule has 0 saturated carbocycles. The molecule has 0 fully saturated rings. The fraction of sp³-hybridized carbons (Fsp3) is 0.300. The predicted molar refractivity (Wildman–Crippen MR) is 44.9 cm³/mol. The number of hydrogen-bond donors (Lipinski definition) is 0. The molecule has 0 saturated heterocycles. The minimum Gasteiger partial charge on any atom is -0.376 e. The average molecular weight is 162 g/mol. The van der Waals surface area contributed by atoms with Crippen molar-refractivity contribution in [3.05, 3.63) is 35.4 Å². The Morgan fingerprint density at radius 1 is 1.42 bits per heavy atom. The Morgan fingerprint density at radius 3 is 3.08 bits per heavy atom. The van der Waals surface area contributed by atoms with Crippen molar-refractivity contribution in [3.63, 3.8) is 0 Å². The van der Waals surface area contributed by atoms with E-state index < -0.39 is 0 Å². The van der Waals surface area contributed by atoms with Crippen molar-refractivity contribution in [2.24, 2.45) is 0 Å². The molecule has 0 radical (unpaired) electrons. The van der Waals surface area contributed by atoms with Crippen LogP contribution in [0.15, 0.2) is 24.3 Å². The Labute approximate surface area is 71.2 Å². The third kappa shape index (κ3) is 1.14. The molecule has 12 heavy (non-hydrogen) atoms. The zero-order valence-electron chi connectivity index (χ0n) is 6.69. The predicted octanol–water partition coefficient (Wildman–Crippen LogP) is 1.50. The van der Waals surface area contributed by atoms with E-state index in [4.69, 9.17) is 4.74 Å². The fourth-order valence-corrected chi connectivity index (χ4v) is 1.53. The molecule has 0 amide bonds. The van der Waals surface area contributed by atoms with Gasteiger partial charge in [-0.05, 0) is 11.1 Å². The van der Waals surface area contributed by atoms with E-state index in [9.17, 15) is 4.79 Å². The minimum atomic E-state index is -0.0602. The van der Waals surface area contributed by atoms with Gasteiger partial charge < -0.3 is 9.53 Å². The Kier molecular flexibility index (Phi) is 1.92. The molecule has 1 aromatic rings. The molecule has 1 atom stereocenters. The van der Waals surface area contributed by atoms with E-state index in [0.717, 1.165) is 17.4 Å². The molecule has 0 aliphatic carbocycles. The van der Waals surface area contributed by atoms with Gasteiger partial charge in [0.2, 0.25) is 0 Å². The largest absolute Gasteiger partial charge is 0.376 e. The van der Waals surface area contributed by atoms with Crippen LogP contribution >= 0.6 is 0 Å². The van der Waals surface area contributed by atoms with Crippen molar-refractivity contribution in [1.29, 1.82) is 0 Å². The fourth-order valence-electron chi connectivity index (χ4n) is 1.53.